The molecule has 0 spiro atoms. The number of thiophene rings is 1. The lowest BCUT2D eigenvalue weighted by Gasteiger charge is -2.08. The molecule has 0 amide bonds. The molecule has 96 valence electrons. The van der Waals surface area contributed by atoms with Crippen LogP contribution in [0.5, 0.6) is 0 Å². The average molecular weight is 283 g/mol. The van der Waals surface area contributed by atoms with E-state index in [-0.39, 0.29) is 11.4 Å². The van der Waals surface area contributed by atoms with Gasteiger partial charge in [-0.15, -0.1) is 22.9 Å². The van der Waals surface area contributed by atoms with E-state index in [4.69, 9.17) is 11.6 Å². The van der Waals surface area contributed by atoms with Crippen molar-refractivity contribution < 1.29 is 0 Å². The van der Waals surface area contributed by atoms with Crippen LogP contribution in [0, 0.1) is 0 Å². The second-order valence-electron chi connectivity index (χ2n) is 4.74. The highest BCUT2D eigenvalue weighted by atomic mass is 35.5. The van der Waals surface area contributed by atoms with Gasteiger partial charge < -0.3 is 4.98 Å². The molecule has 5 heteroatoms. The summed E-state index contributed by atoms with van der Waals surface area (Å²) in [5, 5.41) is 0.811. The van der Waals surface area contributed by atoms with E-state index in [0.717, 1.165) is 23.1 Å². The summed E-state index contributed by atoms with van der Waals surface area (Å²) in [6.07, 6.45) is 7.06. The largest absolute Gasteiger partial charge is 0.309 e. The predicted molar refractivity (Wildman–Crippen MR) is 75.7 cm³/mol. The Morgan fingerprint density at radius 1 is 1.22 bits per heavy atom. The molecule has 2 aromatic heterocycles. The van der Waals surface area contributed by atoms with Crippen LogP contribution in [0.15, 0.2) is 4.79 Å². The van der Waals surface area contributed by atoms with Crippen molar-refractivity contribution in [2.24, 2.45) is 0 Å². The summed E-state index contributed by atoms with van der Waals surface area (Å²) >= 11 is 7.43. The zero-order chi connectivity index (χ0) is 12.5. The zero-order valence-electron chi connectivity index (χ0n) is 10.1. The van der Waals surface area contributed by atoms with Gasteiger partial charge in [-0.1, -0.05) is 12.8 Å². The minimum Gasteiger partial charge on any atom is -0.309 e. The van der Waals surface area contributed by atoms with Gasteiger partial charge in [0.05, 0.1) is 11.3 Å². The normalized spacial score (nSPS) is 16.3. The number of rotatable bonds is 1. The molecule has 0 aromatic carbocycles. The van der Waals surface area contributed by atoms with Gasteiger partial charge in [-0.25, -0.2) is 4.98 Å². The van der Waals surface area contributed by atoms with Crippen LogP contribution in [-0.2, 0) is 18.7 Å². The van der Waals surface area contributed by atoms with E-state index in [1.807, 2.05) is 0 Å². The monoisotopic (exact) mass is 282 g/mol. The van der Waals surface area contributed by atoms with E-state index in [0.29, 0.717) is 5.82 Å². The second kappa shape index (κ2) is 5.02. The number of H-pyrrole nitrogens is 1. The van der Waals surface area contributed by atoms with Crippen molar-refractivity contribution in [2.75, 3.05) is 0 Å². The smallest absolute Gasteiger partial charge is 0.259 e. The first-order valence-corrected chi connectivity index (χ1v) is 7.74. The fraction of sp³-hybridized carbons (Fsp3) is 0.538. The average Bonchev–Trinajstić information content (AvgIpc) is 2.66. The third-order valence-corrected chi connectivity index (χ3v) is 4.94. The number of fused-ring (bicyclic) bond motifs is 3. The highest BCUT2D eigenvalue weighted by molar-refractivity contribution is 7.18. The summed E-state index contributed by atoms with van der Waals surface area (Å²) < 4.78 is 0. The first-order chi connectivity index (χ1) is 8.79. The summed E-state index contributed by atoms with van der Waals surface area (Å²) in [4.78, 5) is 21.6. The fourth-order valence-corrected chi connectivity index (χ4v) is 4.03. The van der Waals surface area contributed by atoms with Crippen molar-refractivity contribution in [3.63, 3.8) is 0 Å². The molecule has 0 saturated heterocycles. The Kier molecular flexibility index (Phi) is 3.39. The van der Waals surface area contributed by atoms with Gasteiger partial charge in [0.2, 0.25) is 0 Å². The van der Waals surface area contributed by atoms with Gasteiger partial charge in [0.1, 0.15) is 10.7 Å². The molecule has 3 nitrogen and oxygen atoms in total. The van der Waals surface area contributed by atoms with Gasteiger partial charge >= 0.3 is 0 Å². The van der Waals surface area contributed by atoms with Crippen molar-refractivity contribution in [1.82, 2.24) is 9.97 Å². The first-order valence-electron chi connectivity index (χ1n) is 6.39. The van der Waals surface area contributed by atoms with E-state index in [2.05, 4.69) is 9.97 Å². The Balaban J connectivity index is 2.22. The Morgan fingerprint density at radius 3 is 2.78 bits per heavy atom. The third kappa shape index (κ3) is 2.08. The number of aryl methyl sites for hydroxylation is 2. The van der Waals surface area contributed by atoms with Crippen LogP contribution in [0.1, 0.15) is 41.9 Å². The van der Waals surface area contributed by atoms with E-state index in [1.165, 1.54) is 36.1 Å². The topological polar surface area (TPSA) is 45.8 Å². The number of halogens is 1. The molecular formula is C13H15ClN2OS. The third-order valence-electron chi connectivity index (χ3n) is 3.50. The maximum Gasteiger partial charge on any atom is 0.259 e. The Labute approximate surface area is 114 Å². The number of hydrogen-bond acceptors (Lipinski definition) is 3. The molecule has 0 aliphatic heterocycles. The second-order valence-corrected chi connectivity index (χ2v) is 6.10. The lowest BCUT2D eigenvalue weighted by molar-refractivity contribution is 0.623. The summed E-state index contributed by atoms with van der Waals surface area (Å²) in [5.74, 6) is 0.830. The summed E-state index contributed by atoms with van der Waals surface area (Å²) in [7, 11) is 0. The van der Waals surface area contributed by atoms with Gasteiger partial charge in [0, 0.05) is 4.88 Å². The van der Waals surface area contributed by atoms with Crippen LogP contribution in [0.25, 0.3) is 10.2 Å². The minimum atomic E-state index is -0.0197. The molecule has 1 aliphatic rings. The van der Waals surface area contributed by atoms with Gasteiger partial charge in [-0.2, -0.15) is 0 Å². The standard InChI is InChI=1S/C13H15ClN2OS/c14-7-10-15-12(17)11-8-5-3-1-2-4-6-9(8)18-13(11)16-10/h1-7H2,(H,15,16,17). The zero-order valence-corrected chi connectivity index (χ0v) is 11.7. The number of nitrogens with one attached hydrogen (secondary N) is 1. The SMILES string of the molecule is O=c1[nH]c(CCl)nc2sc3c(c12)CCCCCC3. The summed E-state index contributed by atoms with van der Waals surface area (Å²) in [6.45, 7) is 0. The predicted octanol–water partition coefficient (Wildman–Crippen LogP) is 3.38. The van der Waals surface area contributed by atoms with Gasteiger partial charge in [0.15, 0.2) is 0 Å². The number of nitrogens with zero attached hydrogens (tertiary/aromatic N) is 1. The molecule has 0 saturated carbocycles. The number of aromatic amines is 1. The van der Waals surface area contributed by atoms with Gasteiger partial charge in [-0.05, 0) is 31.2 Å². The quantitative estimate of drug-likeness (QED) is 0.815. The molecule has 2 aromatic rings. The molecule has 0 unspecified atom stereocenters. The Morgan fingerprint density at radius 2 is 2.00 bits per heavy atom. The molecular weight excluding hydrogens is 268 g/mol. The van der Waals surface area contributed by atoms with Crippen LogP contribution >= 0.6 is 22.9 Å². The number of hydrogen-bond donors (Lipinski definition) is 1. The molecule has 0 radical (unpaired) electrons. The van der Waals surface area contributed by atoms with Crippen LogP contribution < -0.4 is 5.56 Å². The lowest BCUT2D eigenvalue weighted by Crippen LogP contribution is -2.11. The molecule has 0 fully saturated rings. The molecule has 2 heterocycles. The Bertz CT molecular complexity index is 632. The van der Waals surface area contributed by atoms with E-state index < -0.39 is 0 Å². The van der Waals surface area contributed by atoms with E-state index in [1.54, 1.807) is 11.3 Å². The van der Waals surface area contributed by atoms with Crippen molar-refractivity contribution in [3.05, 3.63) is 26.6 Å². The summed E-state index contributed by atoms with van der Waals surface area (Å²) in [6, 6.07) is 0. The summed E-state index contributed by atoms with van der Waals surface area (Å²) in [5.41, 5.74) is 1.22. The maximum atomic E-state index is 12.1. The van der Waals surface area contributed by atoms with Crippen LogP contribution in [0.3, 0.4) is 0 Å². The lowest BCUT2D eigenvalue weighted by atomic mass is 9.98. The fourth-order valence-electron chi connectivity index (χ4n) is 2.63. The molecule has 1 aliphatic carbocycles. The van der Waals surface area contributed by atoms with E-state index >= 15 is 0 Å². The van der Waals surface area contributed by atoms with Crippen molar-refractivity contribution in [1.29, 1.82) is 0 Å². The molecule has 1 N–H and O–H groups in total. The first kappa shape index (κ1) is 12.2. The highest BCUT2D eigenvalue weighted by Gasteiger charge is 2.17. The Hall–Kier alpha value is -0.870. The van der Waals surface area contributed by atoms with Crippen LogP contribution in [-0.4, -0.2) is 9.97 Å². The maximum absolute atomic E-state index is 12.1. The molecule has 0 atom stereocenters. The van der Waals surface area contributed by atoms with Crippen molar-refractivity contribution in [3.8, 4) is 0 Å². The van der Waals surface area contributed by atoms with Gasteiger partial charge in [0.25, 0.3) is 5.56 Å². The molecule has 0 bridgehead atoms. The van der Waals surface area contributed by atoms with Crippen molar-refractivity contribution in [2.45, 2.75) is 44.4 Å². The van der Waals surface area contributed by atoms with Crippen molar-refractivity contribution >= 4 is 33.2 Å². The minimum absolute atomic E-state index is 0.0197. The van der Waals surface area contributed by atoms with E-state index in [9.17, 15) is 4.79 Å². The molecule has 18 heavy (non-hydrogen) atoms. The highest BCUT2D eigenvalue weighted by Crippen LogP contribution is 2.32. The van der Waals surface area contributed by atoms with Gasteiger partial charge in [-0.3, -0.25) is 4.79 Å². The van der Waals surface area contributed by atoms with Crippen LogP contribution in [0.4, 0.5) is 0 Å². The number of alkyl halides is 1. The number of aromatic nitrogens is 2. The van der Waals surface area contributed by atoms with Crippen LogP contribution in [0.2, 0.25) is 0 Å². The molecule has 3 rings (SSSR count).